The average Bonchev–Trinajstić information content (AvgIpc) is 3.11. The van der Waals surface area contributed by atoms with Crippen LogP contribution in [-0.4, -0.2) is 42.3 Å². The summed E-state index contributed by atoms with van der Waals surface area (Å²) in [5.74, 6) is 0.168. The van der Waals surface area contributed by atoms with Crippen LogP contribution in [0.5, 0.6) is 0 Å². The summed E-state index contributed by atoms with van der Waals surface area (Å²) >= 11 is 0. The van der Waals surface area contributed by atoms with Crippen LogP contribution in [0.1, 0.15) is 55.5 Å². The third-order valence-corrected chi connectivity index (χ3v) is 4.51. The summed E-state index contributed by atoms with van der Waals surface area (Å²) in [4.78, 5) is 26.7. The Morgan fingerprint density at radius 2 is 1.91 bits per heavy atom. The second-order valence-corrected chi connectivity index (χ2v) is 6.21. The van der Waals surface area contributed by atoms with Crippen molar-refractivity contribution in [2.75, 3.05) is 19.6 Å². The lowest BCUT2D eigenvalue weighted by molar-refractivity contribution is -0.133. The Balaban J connectivity index is 1.89. The van der Waals surface area contributed by atoms with Crippen LogP contribution in [0.2, 0.25) is 0 Å². The molecule has 1 aromatic carbocycles. The highest BCUT2D eigenvalue weighted by Crippen LogP contribution is 2.14. The molecule has 1 aromatic rings. The second kappa shape index (κ2) is 8.82. The molecule has 0 bridgehead atoms. The largest absolute Gasteiger partial charge is 0.338 e. The van der Waals surface area contributed by atoms with E-state index < -0.39 is 0 Å². The molecule has 23 heavy (non-hydrogen) atoms. The minimum absolute atomic E-state index is 0.0574. The van der Waals surface area contributed by atoms with Crippen molar-refractivity contribution in [3.8, 4) is 0 Å². The van der Waals surface area contributed by atoms with E-state index in [2.05, 4.69) is 19.2 Å². The molecule has 0 spiro atoms. The van der Waals surface area contributed by atoms with Gasteiger partial charge in [0, 0.05) is 37.5 Å². The molecule has 4 heteroatoms. The highest BCUT2D eigenvalue weighted by atomic mass is 16.2. The normalized spacial score (nSPS) is 17.2. The first-order valence-corrected chi connectivity index (χ1v) is 8.78. The number of carbonyl (C=O) groups excluding carboxylic acids is 2. The number of Topliss-reactive ketones (excluding diaryl/α,β-unsaturated/α-hetero) is 1. The molecule has 1 aliphatic rings. The molecular formula is C19H28N2O2. The molecule has 1 heterocycles. The van der Waals surface area contributed by atoms with Gasteiger partial charge in [-0.3, -0.25) is 9.59 Å². The average molecular weight is 316 g/mol. The third-order valence-electron chi connectivity index (χ3n) is 4.51. The zero-order chi connectivity index (χ0) is 16.7. The molecule has 0 aromatic heterocycles. The van der Waals surface area contributed by atoms with Crippen LogP contribution in [0.15, 0.2) is 24.3 Å². The van der Waals surface area contributed by atoms with Gasteiger partial charge in [0.1, 0.15) is 0 Å². The summed E-state index contributed by atoms with van der Waals surface area (Å²) in [6.07, 6.45) is 3.54. The van der Waals surface area contributed by atoms with Gasteiger partial charge in [-0.25, -0.2) is 0 Å². The van der Waals surface area contributed by atoms with Crippen molar-refractivity contribution < 1.29 is 9.59 Å². The van der Waals surface area contributed by atoms with Crippen molar-refractivity contribution in [2.45, 2.75) is 52.0 Å². The number of rotatable bonds is 8. The number of nitrogens with zero attached hydrogens (tertiary/aromatic N) is 1. The van der Waals surface area contributed by atoms with Crippen LogP contribution in [0.3, 0.4) is 0 Å². The topological polar surface area (TPSA) is 49.4 Å². The van der Waals surface area contributed by atoms with E-state index in [9.17, 15) is 9.59 Å². The molecule has 1 aliphatic heterocycles. The number of aryl methyl sites for hydroxylation is 1. The fraction of sp³-hybridized carbons (Fsp3) is 0.579. The van der Waals surface area contributed by atoms with Crippen molar-refractivity contribution in [3.05, 3.63) is 35.4 Å². The van der Waals surface area contributed by atoms with E-state index in [-0.39, 0.29) is 11.7 Å². The van der Waals surface area contributed by atoms with Crippen LogP contribution in [0, 0.1) is 0 Å². The van der Waals surface area contributed by atoms with Crippen molar-refractivity contribution in [2.24, 2.45) is 0 Å². The molecule has 1 amide bonds. The predicted octanol–water partition coefficient (Wildman–Crippen LogP) is 2.81. The molecule has 126 valence electrons. The summed E-state index contributed by atoms with van der Waals surface area (Å²) in [6.45, 7) is 6.81. The van der Waals surface area contributed by atoms with Gasteiger partial charge < -0.3 is 10.2 Å². The van der Waals surface area contributed by atoms with Crippen LogP contribution < -0.4 is 5.32 Å². The van der Waals surface area contributed by atoms with Gasteiger partial charge in [-0.2, -0.15) is 0 Å². The fourth-order valence-corrected chi connectivity index (χ4v) is 3.09. The van der Waals surface area contributed by atoms with Crippen molar-refractivity contribution in [3.63, 3.8) is 0 Å². The Labute approximate surface area is 139 Å². The maximum Gasteiger partial charge on any atom is 0.223 e. The molecule has 1 saturated heterocycles. The van der Waals surface area contributed by atoms with Gasteiger partial charge in [0.15, 0.2) is 5.78 Å². The van der Waals surface area contributed by atoms with E-state index in [4.69, 9.17) is 0 Å². The lowest BCUT2D eigenvalue weighted by Crippen LogP contribution is -2.42. The SMILES string of the molecule is CCCN(C(=O)CCC(=O)c1ccc(CC)cc1)C1CCNC1. The molecule has 0 radical (unpaired) electrons. The number of amides is 1. The van der Waals surface area contributed by atoms with E-state index in [1.165, 1.54) is 5.56 Å². The summed E-state index contributed by atoms with van der Waals surface area (Å²) < 4.78 is 0. The molecule has 0 aliphatic carbocycles. The first-order chi connectivity index (χ1) is 11.2. The van der Waals surface area contributed by atoms with Gasteiger partial charge in [0.05, 0.1) is 0 Å². The van der Waals surface area contributed by atoms with Crippen molar-refractivity contribution in [1.82, 2.24) is 10.2 Å². The smallest absolute Gasteiger partial charge is 0.223 e. The van der Waals surface area contributed by atoms with Gasteiger partial charge in [0.25, 0.3) is 0 Å². The minimum Gasteiger partial charge on any atom is -0.338 e. The van der Waals surface area contributed by atoms with Crippen LogP contribution in [0.25, 0.3) is 0 Å². The number of hydrogen-bond acceptors (Lipinski definition) is 3. The van der Waals surface area contributed by atoms with Gasteiger partial charge in [-0.15, -0.1) is 0 Å². The van der Waals surface area contributed by atoms with Crippen LogP contribution >= 0.6 is 0 Å². The molecule has 1 N–H and O–H groups in total. The molecule has 0 saturated carbocycles. The van der Waals surface area contributed by atoms with Crippen molar-refractivity contribution >= 4 is 11.7 Å². The lowest BCUT2D eigenvalue weighted by atomic mass is 10.0. The Kier molecular flexibility index (Phi) is 6.78. The molecular weight excluding hydrogens is 288 g/mol. The quantitative estimate of drug-likeness (QED) is 0.750. The Morgan fingerprint density at radius 3 is 2.48 bits per heavy atom. The minimum atomic E-state index is 0.0574. The lowest BCUT2D eigenvalue weighted by Gasteiger charge is -2.28. The van der Waals surface area contributed by atoms with E-state index in [1.807, 2.05) is 29.2 Å². The van der Waals surface area contributed by atoms with Crippen molar-refractivity contribution in [1.29, 1.82) is 0 Å². The summed E-state index contributed by atoms with van der Waals surface area (Å²) in [5, 5.41) is 3.31. The monoisotopic (exact) mass is 316 g/mol. The van der Waals surface area contributed by atoms with Crippen LogP contribution in [0.4, 0.5) is 0 Å². The Bertz CT molecular complexity index is 519. The number of benzene rings is 1. The van der Waals surface area contributed by atoms with E-state index in [0.29, 0.717) is 24.4 Å². The highest BCUT2D eigenvalue weighted by molar-refractivity contribution is 5.98. The molecule has 1 atom stereocenters. The zero-order valence-corrected chi connectivity index (χ0v) is 14.3. The van der Waals surface area contributed by atoms with E-state index in [0.717, 1.165) is 38.9 Å². The number of ketones is 1. The maximum absolute atomic E-state index is 12.5. The first-order valence-electron chi connectivity index (χ1n) is 8.78. The Hall–Kier alpha value is -1.68. The standard InChI is InChI=1S/C19H28N2O2/c1-3-13-21(17-11-12-20-14-17)19(23)10-9-18(22)16-7-5-15(4-2)6-8-16/h5-8,17,20H,3-4,9-14H2,1-2H3. The van der Waals surface area contributed by atoms with E-state index in [1.54, 1.807) is 0 Å². The Morgan fingerprint density at radius 1 is 1.17 bits per heavy atom. The number of carbonyl (C=O) groups is 2. The molecule has 2 rings (SSSR count). The predicted molar refractivity (Wildman–Crippen MR) is 92.7 cm³/mol. The first kappa shape index (κ1) is 17.7. The molecule has 1 fully saturated rings. The van der Waals surface area contributed by atoms with Crippen LogP contribution in [-0.2, 0) is 11.2 Å². The maximum atomic E-state index is 12.5. The second-order valence-electron chi connectivity index (χ2n) is 6.21. The van der Waals surface area contributed by atoms with Gasteiger partial charge >= 0.3 is 0 Å². The number of nitrogens with one attached hydrogen (secondary N) is 1. The molecule has 1 unspecified atom stereocenters. The highest BCUT2D eigenvalue weighted by Gasteiger charge is 2.25. The summed E-state index contributed by atoms with van der Waals surface area (Å²) in [6, 6.07) is 8.01. The number of hydrogen-bond donors (Lipinski definition) is 1. The van der Waals surface area contributed by atoms with Gasteiger partial charge in [-0.1, -0.05) is 38.1 Å². The summed E-state index contributed by atoms with van der Waals surface area (Å²) in [7, 11) is 0. The van der Waals surface area contributed by atoms with E-state index >= 15 is 0 Å². The zero-order valence-electron chi connectivity index (χ0n) is 14.3. The van der Waals surface area contributed by atoms with Gasteiger partial charge in [-0.05, 0) is 31.4 Å². The third kappa shape index (κ3) is 4.90. The fourth-order valence-electron chi connectivity index (χ4n) is 3.09. The van der Waals surface area contributed by atoms with Gasteiger partial charge in [0.2, 0.25) is 5.91 Å². The molecule has 4 nitrogen and oxygen atoms in total. The summed E-state index contributed by atoms with van der Waals surface area (Å²) in [5.41, 5.74) is 1.93.